The van der Waals surface area contributed by atoms with Crippen molar-refractivity contribution >= 4 is 28.1 Å². The molecule has 0 spiro atoms. The first-order valence-electron chi connectivity index (χ1n) is 12.7. The molecular weight excluding hydrogens is 448 g/mol. The van der Waals surface area contributed by atoms with E-state index in [4.69, 9.17) is 0 Å². The van der Waals surface area contributed by atoms with Crippen molar-refractivity contribution in [2.24, 2.45) is 11.8 Å². The first-order valence-corrected chi connectivity index (χ1v) is 13.6. The van der Waals surface area contributed by atoms with Crippen LogP contribution in [0, 0.1) is 18.8 Å². The third-order valence-corrected chi connectivity index (χ3v) is 7.69. The fourth-order valence-electron chi connectivity index (χ4n) is 4.70. The molecule has 4 nitrogen and oxygen atoms in total. The van der Waals surface area contributed by atoms with E-state index < -0.39 is 0 Å². The molecule has 4 aromatic rings. The average molecular weight is 487 g/mol. The minimum absolute atomic E-state index is 0.812. The fourth-order valence-corrected chi connectivity index (χ4v) is 5.43. The smallest absolute Gasteiger partial charge is 0.139 e. The van der Waals surface area contributed by atoms with Crippen molar-refractivity contribution in [1.82, 2.24) is 15.3 Å². The zero-order valence-electron chi connectivity index (χ0n) is 21.5. The van der Waals surface area contributed by atoms with Crippen molar-refractivity contribution in [3.8, 4) is 10.4 Å². The van der Waals surface area contributed by atoms with Crippen molar-refractivity contribution in [3.05, 3.63) is 77.4 Å². The summed E-state index contributed by atoms with van der Waals surface area (Å²) in [6, 6.07) is 21.3. The van der Waals surface area contributed by atoms with Crippen LogP contribution in [0.15, 0.2) is 66.0 Å². The highest BCUT2D eigenvalue weighted by Crippen LogP contribution is 2.28. The molecule has 5 heteroatoms. The molecule has 1 fully saturated rings. The van der Waals surface area contributed by atoms with Gasteiger partial charge in [0.25, 0.3) is 0 Å². The number of nitrogens with one attached hydrogen (secondary N) is 1. The maximum absolute atomic E-state index is 4.42. The maximum Gasteiger partial charge on any atom is 0.139 e. The molecule has 1 saturated carbocycles. The van der Waals surface area contributed by atoms with Gasteiger partial charge in [0.2, 0.25) is 0 Å². The van der Waals surface area contributed by atoms with Gasteiger partial charge in [-0.25, -0.2) is 9.97 Å². The van der Waals surface area contributed by atoms with E-state index >= 15 is 0 Å². The summed E-state index contributed by atoms with van der Waals surface area (Å²) < 4.78 is 0. The van der Waals surface area contributed by atoms with Crippen molar-refractivity contribution in [3.63, 3.8) is 0 Å². The molecule has 0 radical (unpaired) electrons. The molecule has 0 amide bonds. The van der Waals surface area contributed by atoms with E-state index in [9.17, 15) is 0 Å². The molecular formula is C30H38N4S. The fraction of sp³-hybridized carbons (Fsp3) is 0.400. The lowest BCUT2D eigenvalue weighted by atomic mass is 9.83. The molecule has 0 atom stereocenters. The van der Waals surface area contributed by atoms with E-state index in [0.29, 0.717) is 0 Å². The molecule has 1 N–H and O–H groups in total. The van der Waals surface area contributed by atoms with Crippen molar-refractivity contribution in [2.75, 3.05) is 25.5 Å². The predicted molar refractivity (Wildman–Crippen MR) is 151 cm³/mol. The number of aryl methyl sites for hydroxylation is 1. The SMILES string of the molecule is CC1CCC(CNCc2ccc(-c3cccs3)cc2)CC1.Cc1nc(N(C)C)c2ccccc2n1. The molecule has 0 saturated heterocycles. The minimum Gasteiger partial charge on any atom is -0.362 e. The topological polar surface area (TPSA) is 41.1 Å². The van der Waals surface area contributed by atoms with Gasteiger partial charge in [-0.05, 0) is 72.9 Å². The van der Waals surface area contributed by atoms with E-state index in [1.54, 1.807) is 11.3 Å². The van der Waals surface area contributed by atoms with Gasteiger partial charge in [-0.1, -0.05) is 62.2 Å². The van der Waals surface area contributed by atoms with Gasteiger partial charge in [0, 0.05) is 30.9 Å². The summed E-state index contributed by atoms with van der Waals surface area (Å²) in [7, 11) is 3.99. The summed E-state index contributed by atoms with van der Waals surface area (Å²) in [5.74, 6) is 3.64. The molecule has 2 aromatic carbocycles. The second-order valence-corrected chi connectivity index (χ2v) is 10.9. The Kier molecular flexibility index (Phi) is 8.89. The van der Waals surface area contributed by atoms with Gasteiger partial charge < -0.3 is 10.2 Å². The molecule has 2 aromatic heterocycles. The Labute approximate surface area is 214 Å². The van der Waals surface area contributed by atoms with Crippen LogP contribution in [0.5, 0.6) is 0 Å². The molecule has 5 rings (SSSR count). The number of benzene rings is 2. The second-order valence-electron chi connectivity index (χ2n) is 9.94. The number of anilines is 1. The zero-order chi connectivity index (χ0) is 24.6. The van der Waals surface area contributed by atoms with Crippen molar-refractivity contribution in [2.45, 2.75) is 46.1 Å². The molecule has 0 unspecified atom stereocenters. The normalized spacial score (nSPS) is 17.6. The van der Waals surface area contributed by atoms with Crippen LogP contribution in [0.25, 0.3) is 21.3 Å². The largest absolute Gasteiger partial charge is 0.362 e. The first kappa shape index (κ1) is 25.3. The highest BCUT2D eigenvalue weighted by atomic mass is 32.1. The Morgan fingerprint density at radius 3 is 2.34 bits per heavy atom. The van der Waals surface area contributed by atoms with Gasteiger partial charge in [0.05, 0.1) is 5.52 Å². The molecule has 1 aliphatic carbocycles. The summed E-state index contributed by atoms with van der Waals surface area (Å²) >= 11 is 1.80. The Morgan fingerprint density at radius 2 is 1.66 bits per heavy atom. The van der Waals surface area contributed by atoms with Gasteiger partial charge >= 0.3 is 0 Å². The maximum atomic E-state index is 4.42. The lowest BCUT2D eigenvalue weighted by Gasteiger charge is -2.26. The third kappa shape index (κ3) is 7.12. The Balaban J connectivity index is 0.000000179. The quantitative estimate of drug-likeness (QED) is 0.310. The molecule has 0 aliphatic heterocycles. The van der Waals surface area contributed by atoms with Crippen LogP contribution in [0.4, 0.5) is 5.82 Å². The van der Waals surface area contributed by atoms with Crippen LogP contribution in [0.1, 0.15) is 44.0 Å². The number of nitrogens with zero attached hydrogens (tertiary/aromatic N) is 3. The van der Waals surface area contributed by atoms with Crippen molar-refractivity contribution < 1.29 is 0 Å². The van der Waals surface area contributed by atoms with Crippen LogP contribution in [-0.4, -0.2) is 30.6 Å². The van der Waals surface area contributed by atoms with E-state index in [0.717, 1.165) is 40.9 Å². The molecule has 2 heterocycles. The van der Waals surface area contributed by atoms with Crippen LogP contribution >= 0.6 is 11.3 Å². The van der Waals surface area contributed by atoms with E-state index in [-0.39, 0.29) is 0 Å². The van der Waals surface area contributed by atoms with E-state index in [1.807, 2.05) is 50.2 Å². The minimum atomic E-state index is 0.812. The van der Waals surface area contributed by atoms with Crippen LogP contribution in [0.2, 0.25) is 0 Å². The van der Waals surface area contributed by atoms with Crippen LogP contribution < -0.4 is 10.2 Å². The van der Waals surface area contributed by atoms with Gasteiger partial charge in [0.1, 0.15) is 11.6 Å². The number of aromatic nitrogens is 2. The highest BCUT2D eigenvalue weighted by Gasteiger charge is 2.17. The van der Waals surface area contributed by atoms with Gasteiger partial charge in [-0.2, -0.15) is 0 Å². The Morgan fingerprint density at radius 1 is 0.914 bits per heavy atom. The molecule has 35 heavy (non-hydrogen) atoms. The van der Waals surface area contributed by atoms with E-state index in [1.165, 1.54) is 48.2 Å². The van der Waals surface area contributed by atoms with Gasteiger partial charge in [-0.3, -0.25) is 0 Å². The van der Waals surface area contributed by atoms with Crippen LogP contribution in [0.3, 0.4) is 0 Å². The Bertz CT molecular complexity index is 1180. The molecule has 1 aliphatic rings. The average Bonchev–Trinajstić information content (AvgIpc) is 3.41. The lowest BCUT2D eigenvalue weighted by molar-refractivity contribution is 0.281. The number of para-hydroxylation sites is 1. The number of fused-ring (bicyclic) bond motifs is 1. The number of rotatable bonds is 6. The number of hydrogen-bond donors (Lipinski definition) is 1. The summed E-state index contributed by atoms with van der Waals surface area (Å²) in [6.45, 7) is 6.48. The van der Waals surface area contributed by atoms with Crippen molar-refractivity contribution in [1.29, 1.82) is 0 Å². The summed E-state index contributed by atoms with van der Waals surface area (Å²) in [5, 5.41) is 6.88. The second kappa shape index (κ2) is 12.3. The molecule has 0 bridgehead atoms. The summed E-state index contributed by atoms with van der Waals surface area (Å²) in [6.07, 6.45) is 5.65. The Hall–Kier alpha value is -2.76. The number of thiophene rings is 1. The van der Waals surface area contributed by atoms with E-state index in [2.05, 4.69) is 64.0 Å². The molecule has 184 valence electrons. The third-order valence-electron chi connectivity index (χ3n) is 6.78. The lowest BCUT2D eigenvalue weighted by Crippen LogP contribution is -2.25. The van der Waals surface area contributed by atoms with Gasteiger partial charge in [0.15, 0.2) is 0 Å². The van der Waals surface area contributed by atoms with Crippen LogP contribution in [-0.2, 0) is 6.54 Å². The number of hydrogen-bond acceptors (Lipinski definition) is 5. The summed E-state index contributed by atoms with van der Waals surface area (Å²) in [5.41, 5.74) is 3.72. The predicted octanol–water partition coefficient (Wildman–Crippen LogP) is 7.34. The summed E-state index contributed by atoms with van der Waals surface area (Å²) in [4.78, 5) is 12.2. The first-order chi connectivity index (χ1) is 17.0. The highest BCUT2D eigenvalue weighted by molar-refractivity contribution is 7.13. The zero-order valence-corrected chi connectivity index (χ0v) is 22.3. The standard InChI is InChI=1S/C19H25NS.C11H13N3/c1-15-4-6-16(7-5-15)13-20-14-17-8-10-18(11-9-17)19-3-2-12-21-19;1-8-12-10-7-5-4-6-9(10)11(13-8)14(2)3/h2-3,8-12,15-16,20H,4-7,13-14H2,1H3;4-7H,1-3H3. The van der Waals surface area contributed by atoms with Gasteiger partial charge in [-0.15, -0.1) is 11.3 Å². The monoisotopic (exact) mass is 486 g/mol.